The Kier molecular flexibility index (Phi) is 6.48. The molecule has 0 bridgehead atoms. The summed E-state index contributed by atoms with van der Waals surface area (Å²) in [6.07, 6.45) is 2.71. The third-order valence-electron chi connectivity index (χ3n) is 4.32. The molecule has 0 saturated heterocycles. The third-order valence-corrected chi connectivity index (χ3v) is 4.32. The Balaban J connectivity index is 4.00. The summed E-state index contributed by atoms with van der Waals surface area (Å²) in [5.74, 6) is 4.34. The van der Waals surface area contributed by atoms with Crippen molar-refractivity contribution < 1.29 is 0 Å². The Morgan fingerprint density at radius 3 is 1.57 bits per heavy atom. The molecule has 0 heteroatoms. The molecular formula is C14H30. The monoisotopic (exact) mass is 198 g/mol. The van der Waals surface area contributed by atoms with Crippen LogP contribution in [0.3, 0.4) is 0 Å². The van der Waals surface area contributed by atoms with Crippen LogP contribution in [0.25, 0.3) is 0 Å². The van der Waals surface area contributed by atoms with Crippen LogP contribution in [0.1, 0.15) is 61.3 Å². The topological polar surface area (TPSA) is 0 Å². The zero-order valence-corrected chi connectivity index (χ0v) is 11.3. The molecule has 0 aliphatic rings. The van der Waals surface area contributed by atoms with Crippen molar-refractivity contribution >= 4 is 0 Å². The van der Waals surface area contributed by atoms with Gasteiger partial charge in [0.05, 0.1) is 0 Å². The molecular weight excluding hydrogens is 168 g/mol. The molecule has 0 radical (unpaired) electrons. The highest BCUT2D eigenvalue weighted by molar-refractivity contribution is 4.70. The highest BCUT2D eigenvalue weighted by Crippen LogP contribution is 2.29. The van der Waals surface area contributed by atoms with Crippen molar-refractivity contribution in [3.8, 4) is 0 Å². The van der Waals surface area contributed by atoms with Gasteiger partial charge in [-0.05, 0) is 36.0 Å². The van der Waals surface area contributed by atoms with Gasteiger partial charge in [-0.3, -0.25) is 0 Å². The van der Waals surface area contributed by atoms with Crippen LogP contribution < -0.4 is 0 Å². The van der Waals surface area contributed by atoms with E-state index < -0.39 is 0 Å². The van der Waals surface area contributed by atoms with Gasteiger partial charge in [-0.1, -0.05) is 54.9 Å². The first-order valence-electron chi connectivity index (χ1n) is 6.40. The highest BCUT2D eigenvalue weighted by Gasteiger charge is 2.20. The summed E-state index contributed by atoms with van der Waals surface area (Å²) in [6, 6.07) is 0. The van der Waals surface area contributed by atoms with E-state index in [1.165, 1.54) is 12.8 Å². The molecule has 4 atom stereocenters. The van der Waals surface area contributed by atoms with Crippen molar-refractivity contribution in [3.05, 3.63) is 0 Å². The number of hydrogen-bond acceptors (Lipinski definition) is 0. The van der Waals surface area contributed by atoms with Gasteiger partial charge < -0.3 is 0 Å². The van der Waals surface area contributed by atoms with Crippen molar-refractivity contribution in [1.29, 1.82) is 0 Å². The maximum atomic E-state index is 2.43. The molecule has 0 fully saturated rings. The van der Waals surface area contributed by atoms with E-state index >= 15 is 0 Å². The molecule has 0 heterocycles. The highest BCUT2D eigenvalue weighted by atomic mass is 14.3. The lowest BCUT2D eigenvalue weighted by Gasteiger charge is -2.28. The minimum atomic E-state index is 0.835. The van der Waals surface area contributed by atoms with Crippen LogP contribution in [0.4, 0.5) is 0 Å². The Morgan fingerprint density at radius 2 is 1.21 bits per heavy atom. The molecule has 4 unspecified atom stereocenters. The van der Waals surface area contributed by atoms with Crippen LogP contribution in [0.5, 0.6) is 0 Å². The largest absolute Gasteiger partial charge is 0.0651 e. The molecule has 14 heavy (non-hydrogen) atoms. The molecule has 0 saturated carbocycles. The van der Waals surface area contributed by atoms with Gasteiger partial charge in [0.1, 0.15) is 0 Å². The summed E-state index contributed by atoms with van der Waals surface area (Å²) in [4.78, 5) is 0. The predicted molar refractivity (Wildman–Crippen MR) is 66.4 cm³/mol. The van der Waals surface area contributed by atoms with E-state index in [0.29, 0.717) is 0 Å². The second-order valence-electron chi connectivity index (χ2n) is 5.68. The summed E-state index contributed by atoms with van der Waals surface area (Å²) < 4.78 is 0. The van der Waals surface area contributed by atoms with Crippen molar-refractivity contribution in [2.45, 2.75) is 61.3 Å². The zero-order valence-electron chi connectivity index (χ0n) is 11.3. The van der Waals surface area contributed by atoms with E-state index in [1.54, 1.807) is 0 Å². The minimum Gasteiger partial charge on any atom is -0.0651 e. The first kappa shape index (κ1) is 14.0. The quantitative estimate of drug-likeness (QED) is 0.564. The Labute approximate surface area is 91.5 Å². The summed E-state index contributed by atoms with van der Waals surface area (Å²) in [5, 5.41) is 0. The Hall–Kier alpha value is 0. The van der Waals surface area contributed by atoms with Crippen LogP contribution in [0.2, 0.25) is 0 Å². The second kappa shape index (κ2) is 6.48. The maximum absolute atomic E-state index is 2.43. The SMILES string of the molecule is CCC(C)C(C)C(C)CC(C)C(C)C. The number of rotatable bonds is 6. The van der Waals surface area contributed by atoms with Crippen LogP contribution in [0.15, 0.2) is 0 Å². The molecule has 0 amide bonds. The van der Waals surface area contributed by atoms with Gasteiger partial charge in [-0.25, -0.2) is 0 Å². The normalized spacial score (nSPS) is 20.6. The van der Waals surface area contributed by atoms with E-state index in [1.807, 2.05) is 0 Å². The Morgan fingerprint density at radius 1 is 0.714 bits per heavy atom. The lowest BCUT2D eigenvalue weighted by Crippen LogP contribution is -2.19. The molecule has 86 valence electrons. The molecule has 0 nitrogen and oxygen atoms in total. The van der Waals surface area contributed by atoms with Gasteiger partial charge in [0.25, 0.3) is 0 Å². The van der Waals surface area contributed by atoms with E-state index in [9.17, 15) is 0 Å². The van der Waals surface area contributed by atoms with E-state index in [0.717, 1.165) is 29.6 Å². The van der Waals surface area contributed by atoms with E-state index in [2.05, 4.69) is 48.5 Å². The van der Waals surface area contributed by atoms with Gasteiger partial charge in [-0.2, -0.15) is 0 Å². The molecule has 0 rings (SSSR count). The molecule has 0 aliphatic carbocycles. The summed E-state index contributed by atoms with van der Waals surface area (Å²) >= 11 is 0. The van der Waals surface area contributed by atoms with Gasteiger partial charge >= 0.3 is 0 Å². The average Bonchev–Trinajstić information content (AvgIpc) is 2.14. The van der Waals surface area contributed by atoms with Crippen molar-refractivity contribution in [2.24, 2.45) is 29.6 Å². The fraction of sp³-hybridized carbons (Fsp3) is 1.00. The first-order chi connectivity index (χ1) is 6.40. The molecule has 0 aromatic carbocycles. The van der Waals surface area contributed by atoms with Crippen molar-refractivity contribution in [1.82, 2.24) is 0 Å². The lowest BCUT2D eigenvalue weighted by molar-refractivity contribution is 0.216. The molecule has 0 aromatic heterocycles. The first-order valence-corrected chi connectivity index (χ1v) is 6.40. The maximum Gasteiger partial charge on any atom is -0.0391 e. The molecule has 0 N–H and O–H groups in total. The van der Waals surface area contributed by atoms with Crippen LogP contribution >= 0.6 is 0 Å². The van der Waals surface area contributed by atoms with Crippen molar-refractivity contribution in [2.75, 3.05) is 0 Å². The van der Waals surface area contributed by atoms with Crippen LogP contribution in [0, 0.1) is 29.6 Å². The fourth-order valence-electron chi connectivity index (χ4n) is 2.01. The zero-order chi connectivity index (χ0) is 11.3. The van der Waals surface area contributed by atoms with Crippen LogP contribution in [-0.2, 0) is 0 Å². The molecule has 0 spiro atoms. The standard InChI is InChI=1S/C14H30/c1-8-11(4)14(7)13(6)9-12(5)10(2)3/h10-14H,8-9H2,1-7H3. The summed E-state index contributed by atoms with van der Waals surface area (Å²) in [7, 11) is 0. The van der Waals surface area contributed by atoms with Gasteiger partial charge in [0, 0.05) is 0 Å². The van der Waals surface area contributed by atoms with Gasteiger partial charge in [0.15, 0.2) is 0 Å². The minimum absolute atomic E-state index is 0.835. The Bertz CT molecular complexity index is 137. The average molecular weight is 198 g/mol. The van der Waals surface area contributed by atoms with E-state index in [4.69, 9.17) is 0 Å². The van der Waals surface area contributed by atoms with E-state index in [-0.39, 0.29) is 0 Å². The van der Waals surface area contributed by atoms with Crippen LogP contribution in [-0.4, -0.2) is 0 Å². The predicted octanol–water partition coefficient (Wildman–Crippen LogP) is 4.99. The van der Waals surface area contributed by atoms with Gasteiger partial charge in [0.2, 0.25) is 0 Å². The lowest BCUT2D eigenvalue weighted by atomic mass is 9.77. The number of hydrogen-bond donors (Lipinski definition) is 0. The molecule has 0 aromatic rings. The fourth-order valence-corrected chi connectivity index (χ4v) is 2.01. The second-order valence-corrected chi connectivity index (χ2v) is 5.68. The summed E-state index contributed by atoms with van der Waals surface area (Å²) in [5.41, 5.74) is 0. The summed E-state index contributed by atoms with van der Waals surface area (Å²) in [6.45, 7) is 16.6. The molecule has 0 aliphatic heterocycles. The van der Waals surface area contributed by atoms with Crippen molar-refractivity contribution in [3.63, 3.8) is 0 Å². The smallest absolute Gasteiger partial charge is 0.0391 e. The third kappa shape index (κ3) is 4.48. The van der Waals surface area contributed by atoms with Gasteiger partial charge in [-0.15, -0.1) is 0 Å².